The first-order valence-corrected chi connectivity index (χ1v) is 7.16. The summed E-state index contributed by atoms with van der Waals surface area (Å²) in [7, 11) is 0. The van der Waals surface area contributed by atoms with Gasteiger partial charge >= 0.3 is 0 Å². The molecule has 0 heterocycles. The summed E-state index contributed by atoms with van der Waals surface area (Å²) in [4.78, 5) is 12.2. The Morgan fingerprint density at radius 2 is 1.32 bits per heavy atom. The molecular weight excluding hydrogens is 296 g/mol. The fourth-order valence-corrected chi connectivity index (χ4v) is 2.17. The molecule has 2 aromatic carbocycles. The van der Waals surface area contributed by atoms with Gasteiger partial charge in [0.25, 0.3) is 0 Å². The third-order valence-corrected chi connectivity index (χ3v) is 3.66. The van der Waals surface area contributed by atoms with Crippen molar-refractivity contribution < 1.29 is 4.79 Å². The maximum atomic E-state index is 12.2. The smallest absolute Gasteiger partial charge is 0.241 e. The van der Waals surface area contributed by atoms with E-state index in [9.17, 15) is 4.79 Å². The van der Waals surface area contributed by atoms with E-state index in [1.54, 1.807) is 0 Å². The van der Waals surface area contributed by atoms with Crippen LogP contribution in [0.4, 0.5) is 0 Å². The van der Waals surface area contributed by atoms with E-state index in [0.29, 0.717) is 0 Å². The average Bonchev–Trinajstić information content (AvgIpc) is 2.47. The minimum atomic E-state index is -0.640. The third kappa shape index (κ3) is 4.58. The Balaban J connectivity index is 0.00000242. The molecule has 3 N–H and O–H groups in total. The van der Waals surface area contributed by atoms with Crippen LogP contribution in [0.15, 0.2) is 48.5 Å². The molecule has 2 atom stereocenters. The molecule has 0 radical (unpaired) electrons. The molecule has 2 unspecified atom stereocenters. The normalized spacial score (nSPS) is 12.9. The predicted octanol–water partition coefficient (Wildman–Crippen LogP) is 3.60. The van der Waals surface area contributed by atoms with Gasteiger partial charge in [-0.05, 0) is 31.9 Å². The Morgan fingerprint density at radius 1 is 0.909 bits per heavy atom. The van der Waals surface area contributed by atoms with Gasteiger partial charge < -0.3 is 11.1 Å². The highest BCUT2D eigenvalue weighted by molar-refractivity contribution is 5.85. The molecule has 1 amide bonds. The van der Waals surface area contributed by atoms with Gasteiger partial charge in [0.1, 0.15) is 6.04 Å². The second kappa shape index (κ2) is 7.97. The number of hydrogen-bond donors (Lipinski definition) is 2. The van der Waals surface area contributed by atoms with E-state index in [0.717, 1.165) is 16.7 Å². The van der Waals surface area contributed by atoms with Crippen LogP contribution in [0.1, 0.15) is 41.3 Å². The molecule has 0 bridgehead atoms. The van der Waals surface area contributed by atoms with Crippen molar-refractivity contribution in [2.45, 2.75) is 32.9 Å². The van der Waals surface area contributed by atoms with Crippen molar-refractivity contribution in [3.63, 3.8) is 0 Å². The van der Waals surface area contributed by atoms with Crippen molar-refractivity contribution >= 4 is 18.3 Å². The molecule has 0 aliphatic heterocycles. The lowest BCUT2D eigenvalue weighted by Crippen LogP contribution is -2.35. The SMILES string of the molecule is Cc1ccc(C(C)NC(=O)C(N)c2ccc(C)cc2)cc1.Cl. The molecule has 3 nitrogen and oxygen atoms in total. The van der Waals surface area contributed by atoms with Gasteiger partial charge in [-0.25, -0.2) is 0 Å². The largest absolute Gasteiger partial charge is 0.348 e. The lowest BCUT2D eigenvalue weighted by atomic mass is 10.0. The van der Waals surface area contributed by atoms with Gasteiger partial charge in [-0.15, -0.1) is 12.4 Å². The summed E-state index contributed by atoms with van der Waals surface area (Å²) in [5.41, 5.74) is 10.3. The Morgan fingerprint density at radius 3 is 1.77 bits per heavy atom. The van der Waals surface area contributed by atoms with Crippen LogP contribution in [0, 0.1) is 13.8 Å². The Hall–Kier alpha value is -1.84. The van der Waals surface area contributed by atoms with E-state index in [1.165, 1.54) is 5.56 Å². The maximum absolute atomic E-state index is 12.2. The molecule has 2 aromatic rings. The summed E-state index contributed by atoms with van der Waals surface area (Å²) < 4.78 is 0. The van der Waals surface area contributed by atoms with Gasteiger partial charge in [-0.2, -0.15) is 0 Å². The second-order valence-electron chi connectivity index (χ2n) is 5.53. The number of halogens is 1. The lowest BCUT2D eigenvalue weighted by molar-refractivity contribution is -0.123. The Labute approximate surface area is 138 Å². The standard InChI is InChI=1S/C18H22N2O.ClH/c1-12-4-8-15(9-5-12)14(3)20-18(21)17(19)16-10-6-13(2)7-11-16;/h4-11,14,17H,19H2,1-3H3,(H,20,21);1H. The van der Waals surface area contributed by atoms with Gasteiger partial charge in [0, 0.05) is 0 Å². The molecule has 22 heavy (non-hydrogen) atoms. The zero-order chi connectivity index (χ0) is 15.4. The number of carbonyl (C=O) groups excluding carboxylic acids is 1. The van der Waals surface area contributed by atoms with E-state index in [-0.39, 0.29) is 24.4 Å². The summed E-state index contributed by atoms with van der Waals surface area (Å²) in [5.74, 6) is -0.160. The quantitative estimate of drug-likeness (QED) is 0.905. The summed E-state index contributed by atoms with van der Waals surface area (Å²) >= 11 is 0. The van der Waals surface area contributed by atoms with Gasteiger partial charge in [0.05, 0.1) is 6.04 Å². The fraction of sp³-hybridized carbons (Fsp3) is 0.278. The van der Waals surface area contributed by atoms with E-state index < -0.39 is 6.04 Å². The molecule has 0 aliphatic rings. The number of nitrogens with one attached hydrogen (secondary N) is 1. The molecule has 0 aliphatic carbocycles. The number of aryl methyl sites for hydroxylation is 2. The van der Waals surface area contributed by atoms with Crippen LogP contribution >= 0.6 is 12.4 Å². The summed E-state index contributed by atoms with van der Waals surface area (Å²) in [6, 6.07) is 15.2. The maximum Gasteiger partial charge on any atom is 0.241 e. The first-order valence-electron chi connectivity index (χ1n) is 7.16. The van der Waals surface area contributed by atoms with Crippen LogP contribution in [0.5, 0.6) is 0 Å². The highest BCUT2D eigenvalue weighted by Gasteiger charge is 2.18. The predicted molar refractivity (Wildman–Crippen MR) is 93.1 cm³/mol. The number of rotatable bonds is 4. The van der Waals surface area contributed by atoms with E-state index >= 15 is 0 Å². The highest BCUT2D eigenvalue weighted by Crippen LogP contribution is 2.16. The van der Waals surface area contributed by atoms with Crippen molar-refractivity contribution in [3.8, 4) is 0 Å². The first-order chi connectivity index (χ1) is 9.97. The zero-order valence-corrected chi connectivity index (χ0v) is 14.0. The third-order valence-electron chi connectivity index (χ3n) is 3.66. The highest BCUT2D eigenvalue weighted by atomic mass is 35.5. The van der Waals surface area contributed by atoms with Gasteiger partial charge in [0.15, 0.2) is 0 Å². The molecule has 118 valence electrons. The van der Waals surface area contributed by atoms with Gasteiger partial charge in [0.2, 0.25) is 5.91 Å². The van der Waals surface area contributed by atoms with Crippen LogP contribution in [0.3, 0.4) is 0 Å². The minimum Gasteiger partial charge on any atom is -0.348 e. The topological polar surface area (TPSA) is 55.1 Å². The molecule has 0 aromatic heterocycles. The van der Waals surface area contributed by atoms with Gasteiger partial charge in [-0.3, -0.25) is 4.79 Å². The van der Waals surface area contributed by atoms with E-state index in [1.807, 2.05) is 69.3 Å². The summed E-state index contributed by atoms with van der Waals surface area (Å²) in [6.07, 6.45) is 0. The van der Waals surface area contributed by atoms with Crippen LogP contribution in [-0.2, 0) is 4.79 Å². The summed E-state index contributed by atoms with van der Waals surface area (Å²) in [5, 5.41) is 2.96. The number of amides is 1. The summed E-state index contributed by atoms with van der Waals surface area (Å²) in [6.45, 7) is 6.01. The number of hydrogen-bond acceptors (Lipinski definition) is 2. The average molecular weight is 319 g/mol. The monoisotopic (exact) mass is 318 g/mol. The molecule has 0 spiro atoms. The minimum absolute atomic E-state index is 0. The molecule has 2 rings (SSSR count). The Bertz CT molecular complexity index is 608. The second-order valence-corrected chi connectivity index (χ2v) is 5.53. The van der Waals surface area contributed by atoms with E-state index in [2.05, 4.69) is 5.32 Å². The Kier molecular flexibility index (Phi) is 6.60. The van der Waals surface area contributed by atoms with Crippen LogP contribution in [0.2, 0.25) is 0 Å². The molecule has 4 heteroatoms. The van der Waals surface area contributed by atoms with Crippen molar-refractivity contribution in [1.29, 1.82) is 0 Å². The fourth-order valence-electron chi connectivity index (χ4n) is 2.17. The van der Waals surface area contributed by atoms with Crippen LogP contribution in [-0.4, -0.2) is 5.91 Å². The van der Waals surface area contributed by atoms with Crippen LogP contribution in [0.25, 0.3) is 0 Å². The van der Waals surface area contributed by atoms with Crippen LogP contribution < -0.4 is 11.1 Å². The molecular formula is C18H23ClN2O. The first kappa shape index (κ1) is 18.2. The zero-order valence-electron chi connectivity index (χ0n) is 13.2. The number of nitrogens with two attached hydrogens (primary N) is 1. The van der Waals surface area contributed by atoms with Gasteiger partial charge in [-0.1, -0.05) is 59.7 Å². The number of benzene rings is 2. The molecule has 0 saturated heterocycles. The molecule has 0 saturated carbocycles. The van der Waals surface area contributed by atoms with Crippen molar-refractivity contribution in [3.05, 3.63) is 70.8 Å². The lowest BCUT2D eigenvalue weighted by Gasteiger charge is -2.18. The number of carbonyl (C=O) groups is 1. The van der Waals surface area contributed by atoms with E-state index in [4.69, 9.17) is 5.73 Å². The van der Waals surface area contributed by atoms with Crippen molar-refractivity contribution in [2.24, 2.45) is 5.73 Å². The van der Waals surface area contributed by atoms with Crippen molar-refractivity contribution in [2.75, 3.05) is 0 Å². The van der Waals surface area contributed by atoms with Crippen molar-refractivity contribution in [1.82, 2.24) is 5.32 Å². The molecule has 0 fully saturated rings.